The van der Waals surface area contributed by atoms with E-state index >= 15 is 0 Å². The van der Waals surface area contributed by atoms with E-state index in [0.717, 1.165) is 22.3 Å². The molecule has 3 heteroatoms. The van der Waals surface area contributed by atoms with Crippen LogP contribution in [0.3, 0.4) is 0 Å². The van der Waals surface area contributed by atoms with E-state index in [1.165, 1.54) is 0 Å². The highest BCUT2D eigenvalue weighted by atomic mass is 16.3. The molecule has 1 fully saturated rings. The number of carbonyl (C=O) groups excluding carboxylic acids is 1. The molecule has 0 saturated carbocycles. The lowest BCUT2D eigenvalue weighted by molar-refractivity contribution is -0.135. The first-order chi connectivity index (χ1) is 16.6. The molecule has 0 spiro atoms. The van der Waals surface area contributed by atoms with Crippen LogP contribution >= 0.6 is 0 Å². The van der Waals surface area contributed by atoms with Gasteiger partial charge in [0.15, 0.2) is 0 Å². The molecule has 1 saturated heterocycles. The Kier molecular flexibility index (Phi) is 16.9. The van der Waals surface area contributed by atoms with E-state index in [2.05, 4.69) is 42.2 Å². The minimum Gasteiger partial charge on any atom is -0.388 e. The Labute approximate surface area is 208 Å². The van der Waals surface area contributed by atoms with Gasteiger partial charge in [0.25, 0.3) is 0 Å². The molecule has 2 aromatic carbocycles. The highest BCUT2D eigenvalue weighted by Crippen LogP contribution is 2.36. The summed E-state index contributed by atoms with van der Waals surface area (Å²) in [6.07, 6.45) is 8.48. The minimum absolute atomic E-state index is 0.0160. The van der Waals surface area contributed by atoms with E-state index in [9.17, 15) is 9.90 Å². The van der Waals surface area contributed by atoms with Crippen molar-refractivity contribution in [1.82, 2.24) is 5.32 Å². The third-order valence-corrected chi connectivity index (χ3v) is 5.30. The van der Waals surface area contributed by atoms with Gasteiger partial charge in [-0.25, -0.2) is 0 Å². The maximum absolute atomic E-state index is 12.1. The van der Waals surface area contributed by atoms with Crippen LogP contribution in [0.5, 0.6) is 0 Å². The number of hydrogen-bond donors (Lipinski definition) is 2. The second-order valence-corrected chi connectivity index (χ2v) is 7.06. The van der Waals surface area contributed by atoms with E-state index in [1.54, 1.807) is 6.08 Å². The van der Waals surface area contributed by atoms with Crippen molar-refractivity contribution in [2.45, 2.75) is 73.5 Å². The summed E-state index contributed by atoms with van der Waals surface area (Å²) >= 11 is 0. The van der Waals surface area contributed by atoms with Gasteiger partial charge >= 0.3 is 0 Å². The maximum atomic E-state index is 12.1. The van der Waals surface area contributed by atoms with Crippen molar-refractivity contribution in [2.75, 3.05) is 0 Å². The molecule has 34 heavy (non-hydrogen) atoms. The van der Waals surface area contributed by atoms with Crippen molar-refractivity contribution in [3.8, 4) is 0 Å². The van der Waals surface area contributed by atoms with Gasteiger partial charge in [0.05, 0.1) is 18.1 Å². The number of amides is 1. The highest BCUT2D eigenvalue weighted by Gasteiger charge is 2.39. The summed E-state index contributed by atoms with van der Waals surface area (Å²) in [6.45, 7) is 17.7. The zero-order valence-corrected chi connectivity index (χ0v) is 22.2. The largest absolute Gasteiger partial charge is 0.388 e. The van der Waals surface area contributed by atoms with Crippen LogP contribution in [0.2, 0.25) is 0 Å². The molecule has 186 valence electrons. The SMILES string of the molecule is C=C/C=C\C(=C/C)c1ccc(C2NC(=O)C2CCC(O)c2ccccc2)cc1.CC.CC.CC. The van der Waals surface area contributed by atoms with Gasteiger partial charge in [-0.15, -0.1) is 0 Å². The number of allylic oxidation sites excluding steroid dienone is 5. The van der Waals surface area contributed by atoms with Crippen molar-refractivity contribution < 1.29 is 9.90 Å². The topological polar surface area (TPSA) is 49.3 Å². The number of nitrogens with one attached hydrogen (secondary N) is 1. The van der Waals surface area contributed by atoms with Crippen LogP contribution in [-0.2, 0) is 4.79 Å². The van der Waals surface area contributed by atoms with Crippen LogP contribution in [-0.4, -0.2) is 11.0 Å². The number of benzene rings is 2. The van der Waals surface area contributed by atoms with Gasteiger partial charge in [-0.05, 0) is 42.0 Å². The molecule has 1 heterocycles. The second-order valence-electron chi connectivity index (χ2n) is 7.06. The van der Waals surface area contributed by atoms with Crippen molar-refractivity contribution in [2.24, 2.45) is 5.92 Å². The molecule has 3 rings (SSSR count). The van der Waals surface area contributed by atoms with Crippen molar-refractivity contribution in [1.29, 1.82) is 0 Å². The third-order valence-electron chi connectivity index (χ3n) is 5.30. The summed E-state index contributed by atoms with van der Waals surface area (Å²) in [5.41, 5.74) is 4.26. The average molecular weight is 464 g/mol. The number of hydrogen-bond acceptors (Lipinski definition) is 2. The van der Waals surface area contributed by atoms with Gasteiger partial charge < -0.3 is 10.4 Å². The van der Waals surface area contributed by atoms with E-state index in [-0.39, 0.29) is 17.9 Å². The molecule has 0 radical (unpaired) electrons. The lowest BCUT2D eigenvalue weighted by Crippen LogP contribution is -2.51. The fourth-order valence-electron chi connectivity index (χ4n) is 3.62. The lowest BCUT2D eigenvalue weighted by Gasteiger charge is -2.37. The molecule has 2 aromatic rings. The molecule has 0 aliphatic carbocycles. The normalized spacial score (nSPS) is 17.4. The van der Waals surface area contributed by atoms with E-state index in [4.69, 9.17) is 0 Å². The second kappa shape index (κ2) is 18.5. The first-order valence-corrected chi connectivity index (χ1v) is 12.7. The molecule has 2 N–H and O–H groups in total. The van der Waals surface area contributed by atoms with Crippen molar-refractivity contribution in [3.63, 3.8) is 0 Å². The maximum Gasteiger partial charge on any atom is 0.226 e. The molecule has 1 amide bonds. The summed E-state index contributed by atoms with van der Waals surface area (Å²) < 4.78 is 0. The van der Waals surface area contributed by atoms with Crippen LogP contribution in [0.4, 0.5) is 0 Å². The van der Waals surface area contributed by atoms with Gasteiger partial charge in [0.1, 0.15) is 0 Å². The third kappa shape index (κ3) is 9.15. The molecule has 0 bridgehead atoms. The Morgan fingerprint density at radius 3 is 2.09 bits per heavy atom. The molecular weight excluding hydrogens is 418 g/mol. The Morgan fingerprint density at radius 1 is 1.00 bits per heavy atom. The fraction of sp³-hybridized carbons (Fsp3) is 0.387. The smallest absolute Gasteiger partial charge is 0.226 e. The first-order valence-electron chi connectivity index (χ1n) is 12.7. The number of β-lactam (4-membered cyclic amide) rings is 1. The molecule has 1 aliphatic rings. The molecule has 0 aromatic heterocycles. The van der Waals surface area contributed by atoms with Crippen LogP contribution in [0, 0.1) is 5.92 Å². The number of aliphatic hydroxyl groups excluding tert-OH is 1. The average Bonchev–Trinajstić information content (AvgIpc) is 2.92. The number of rotatable bonds is 8. The Hall–Kier alpha value is -2.91. The van der Waals surface area contributed by atoms with E-state index in [1.807, 2.05) is 91.0 Å². The molecule has 3 unspecified atom stereocenters. The zero-order chi connectivity index (χ0) is 25.9. The number of aliphatic hydroxyl groups is 1. The van der Waals surface area contributed by atoms with Crippen LogP contribution < -0.4 is 5.32 Å². The van der Waals surface area contributed by atoms with Gasteiger partial charge in [-0.2, -0.15) is 0 Å². The lowest BCUT2D eigenvalue weighted by atomic mass is 9.80. The fourth-order valence-corrected chi connectivity index (χ4v) is 3.62. The predicted octanol–water partition coefficient (Wildman–Crippen LogP) is 8.21. The molecule has 3 atom stereocenters. The Balaban J connectivity index is 0.00000168. The van der Waals surface area contributed by atoms with Crippen molar-refractivity contribution in [3.05, 3.63) is 102 Å². The quantitative estimate of drug-likeness (QED) is 0.306. The minimum atomic E-state index is -0.536. The van der Waals surface area contributed by atoms with Gasteiger partial charge in [-0.1, -0.05) is 127 Å². The Morgan fingerprint density at radius 2 is 1.59 bits per heavy atom. The van der Waals surface area contributed by atoms with E-state index in [0.29, 0.717) is 12.8 Å². The number of carbonyl (C=O) groups is 1. The molecular formula is C31H45NO2. The summed E-state index contributed by atoms with van der Waals surface area (Å²) in [7, 11) is 0. The summed E-state index contributed by atoms with van der Waals surface area (Å²) in [6, 6.07) is 17.9. The van der Waals surface area contributed by atoms with E-state index < -0.39 is 6.10 Å². The van der Waals surface area contributed by atoms with Crippen LogP contribution in [0.1, 0.15) is 90.1 Å². The predicted molar refractivity (Wildman–Crippen MR) is 148 cm³/mol. The van der Waals surface area contributed by atoms with Gasteiger partial charge in [0, 0.05) is 0 Å². The summed E-state index contributed by atoms with van der Waals surface area (Å²) in [5, 5.41) is 13.4. The highest BCUT2D eigenvalue weighted by molar-refractivity contribution is 5.86. The molecule has 3 nitrogen and oxygen atoms in total. The van der Waals surface area contributed by atoms with Gasteiger partial charge in [0.2, 0.25) is 5.91 Å². The summed E-state index contributed by atoms with van der Waals surface area (Å²) in [4.78, 5) is 12.1. The van der Waals surface area contributed by atoms with Crippen LogP contribution in [0.15, 0.2) is 85.5 Å². The monoisotopic (exact) mass is 463 g/mol. The Bertz CT molecular complexity index is 866. The summed E-state index contributed by atoms with van der Waals surface area (Å²) in [5.74, 6) is -0.0246. The van der Waals surface area contributed by atoms with Crippen LogP contribution in [0.25, 0.3) is 5.57 Å². The zero-order valence-electron chi connectivity index (χ0n) is 22.2. The molecule has 1 aliphatic heterocycles. The standard InChI is InChI=1S/C25H27NO2.3C2H6/c1-3-5-9-18(4-2)19-12-14-21(15-13-19)24-22(25(28)26-24)16-17-23(27)20-10-7-6-8-11-20;3*1-2/h3-15,22-24,27H,1,16-17H2,2H3,(H,26,28);3*1-2H3/b9-5-,18-4+;;;. The van der Waals surface area contributed by atoms with Crippen molar-refractivity contribution >= 4 is 11.5 Å². The van der Waals surface area contributed by atoms with Gasteiger partial charge in [-0.3, -0.25) is 4.79 Å². The first kappa shape index (κ1) is 31.1.